The molecule has 0 rings (SSSR count). The second kappa shape index (κ2) is 6.89. The van der Waals surface area contributed by atoms with Crippen LogP contribution in [0.25, 0.3) is 0 Å². The first-order valence-corrected chi connectivity index (χ1v) is 4.57. The van der Waals surface area contributed by atoms with Gasteiger partial charge in [-0.15, -0.1) is 0 Å². The minimum Gasteiger partial charge on any atom is -0.478 e. The van der Waals surface area contributed by atoms with Crippen molar-refractivity contribution in [2.45, 2.75) is 46.0 Å². The number of unbranched alkanes of at least 4 members (excludes halogenated alkanes) is 3. The van der Waals surface area contributed by atoms with Crippen molar-refractivity contribution in [2.75, 3.05) is 0 Å². The van der Waals surface area contributed by atoms with Crippen LogP contribution in [-0.4, -0.2) is 11.1 Å². The molecule has 0 spiro atoms. The number of hydrogen-bond acceptors (Lipinski definition) is 1. The summed E-state index contributed by atoms with van der Waals surface area (Å²) in [6, 6.07) is 0. The summed E-state index contributed by atoms with van der Waals surface area (Å²) >= 11 is 0. The predicted molar refractivity (Wildman–Crippen MR) is 50.2 cm³/mol. The van der Waals surface area contributed by atoms with Crippen LogP contribution in [-0.2, 0) is 4.79 Å². The summed E-state index contributed by atoms with van der Waals surface area (Å²) in [4.78, 5) is 10.2. The second-order valence-electron chi connectivity index (χ2n) is 3.14. The van der Waals surface area contributed by atoms with E-state index in [1.807, 2.05) is 6.92 Å². The molecule has 2 heteroatoms. The van der Waals surface area contributed by atoms with Crippen molar-refractivity contribution < 1.29 is 9.90 Å². The molecule has 0 saturated heterocycles. The van der Waals surface area contributed by atoms with Gasteiger partial charge >= 0.3 is 5.97 Å². The zero-order valence-corrected chi connectivity index (χ0v) is 7.97. The fourth-order valence-electron chi connectivity index (χ4n) is 1.11. The molecule has 0 saturated carbocycles. The summed E-state index contributed by atoms with van der Waals surface area (Å²) in [6.07, 6.45) is 7.02. The van der Waals surface area contributed by atoms with Crippen LogP contribution in [0.5, 0.6) is 0 Å². The third kappa shape index (κ3) is 7.32. The summed E-state index contributed by atoms with van der Waals surface area (Å²) in [7, 11) is 0. The van der Waals surface area contributed by atoms with E-state index in [1.54, 1.807) is 0 Å². The summed E-state index contributed by atoms with van der Waals surface area (Å²) in [5.74, 6) is -0.831. The van der Waals surface area contributed by atoms with Crippen molar-refractivity contribution in [3.05, 3.63) is 11.6 Å². The maximum atomic E-state index is 10.2. The SMILES string of the molecule is CCCCCCC(C)=CC(=O)O. The molecule has 12 heavy (non-hydrogen) atoms. The molecule has 0 aromatic heterocycles. The molecular weight excluding hydrogens is 152 g/mol. The molecule has 0 aliphatic carbocycles. The van der Waals surface area contributed by atoms with E-state index in [0.29, 0.717) is 0 Å². The minimum absolute atomic E-state index is 0.831. The van der Waals surface area contributed by atoms with E-state index in [2.05, 4.69) is 6.92 Å². The molecule has 0 aromatic rings. The molecule has 0 aromatic carbocycles. The number of hydrogen-bond donors (Lipinski definition) is 1. The Morgan fingerprint density at radius 1 is 1.33 bits per heavy atom. The van der Waals surface area contributed by atoms with Crippen LogP contribution in [0.3, 0.4) is 0 Å². The molecule has 0 radical (unpaired) electrons. The number of allylic oxidation sites excluding steroid dienone is 1. The highest BCUT2D eigenvalue weighted by atomic mass is 16.4. The zero-order chi connectivity index (χ0) is 9.40. The van der Waals surface area contributed by atoms with Gasteiger partial charge in [0.05, 0.1) is 0 Å². The largest absolute Gasteiger partial charge is 0.478 e. The van der Waals surface area contributed by atoms with Gasteiger partial charge in [-0.1, -0.05) is 31.8 Å². The first kappa shape index (κ1) is 11.2. The average Bonchev–Trinajstić information content (AvgIpc) is 1.97. The number of carbonyl (C=O) groups is 1. The van der Waals surface area contributed by atoms with E-state index >= 15 is 0 Å². The Morgan fingerprint density at radius 2 is 2.00 bits per heavy atom. The van der Waals surface area contributed by atoms with Crippen molar-refractivity contribution in [1.82, 2.24) is 0 Å². The molecule has 0 bridgehead atoms. The number of carboxylic acids is 1. The maximum Gasteiger partial charge on any atom is 0.328 e. The molecule has 1 N–H and O–H groups in total. The van der Waals surface area contributed by atoms with Crippen molar-refractivity contribution in [3.8, 4) is 0 Å². The van der Waals surface area contributed by atoms with Gasteiger partial charge in [0.2, 0.25) is 0 Å². The average molecular weight is 170 g/mol. The Morgan fingerprint density at radius 3 is 2.50 bits per heavy atom. The van der Waals surface area contributed by atoms with E-state index in [4.69, 9.17) is 5.11 Å². The van der Waals surface area contributed by atoms with E-state index in [-0.39, 0.29) is 0 Å². The number of rotatable bonds is 6. The molecule has 0 aliphatic heterocycles. The Bertz CT molecular complexity index is 159. The molecule has 0 amide bonds. The standard InChI is InChI=1S/C10H18O2/c1-3-4-5-6-7-9(2)8-10(11)12/h8H,3-7H2,1-2H3,(H,11,12). The minimum atomic E-state index is -0.831. The first-order chi connectivity index (χ1) is 5.66. The number of carboxylic acid groups (broad SMARTS) is 1. The first-order valence-electron chi connectivity index (χ1n) is 4.57. The molecule has 0 unspecified atom stereocenters. The van der Waals surface area contributed by atoms with Crippen molar-refractivity contribution >= 4 is 5.97 Å². The molecule has 0 fully saturated rings. The molecule has 0 aliphatic rings. The molecule has 70 valence electrons. The Balaban J connectivity index is 3.43. The van der Waals surface area contributed by atoms with Crippen LogP contribution in [0.2, 0.25) is 0 Å². The Hall–Kier alpha value is -0.790. The summed E-state index contributed by atoms with van der Waals surface area (Å²) < 4.78 is 0. The lowest BCUT2D eigenvalue weighted by molar-refractivity contribution is -0.131. The van der Waals surface area contributed by atoms with Gasteiger partial charge in [0.25, 0.3) is 0 Å². The molecular formula is C10H18O2. The van der Waals surface area contributed by atoms with Gasteiger partial charge in [-0.2, -0.15) is 0 Å². The van der Waals surface area contributed by atoms with Crippen LogP contribution in [0.1, 0.15) is 46.0 Å². The van der Waals surface area contributed by atoms with Gasteiger partial charge in [0.1, 0.15) is 0 Å². The van der Waals surface area contributed by atoms with Gasteiger partial charge in [-0.25, -0.2) is 4.79 Å². The topological polar surface area (TPSA) is 37.3 Å². The molecule has 0 atom stereocenters. The highest BCUT2D eigenvalue weighted by molar-refractivity contribution is 5.80. The van der Waals surface area contributed by atoms with E-state index in [9.17, 15) is 4.79 Å². The number of aliphatic carboxylic acids is 1. The van der Waals surface area contributed by atoms with Crippen LogP contribution in [0, 0.1) is 0 Å². The van der Waals surface area contributed by atoms with Gasteiger partial charge in [-0.05, 0) is 19.8 Å². The zero-order valence-electron chi connectivity index (χ0n) is 7.97. The fourth-order valence-corrected chi connectivity index (χ4v) is 1.11. The maximum absolute atomic E-state index is 10.2. The lowest BCUT2D eigenvalue weighted by Gasteiger charge is -1.98. The van der Waals surface area contributed by atoms with Crippen LogP contribution in [0.15, 0.2) is 11.6 Å². The lowest BCUT2D eigenvalue weighted by Crippen LogP contribution is -1.90. The van der Waals surface area contributed by atoms with Gasteiger partial charge in [0.15, 0.2) is 0 Å². The lowest BCUT2D eigenvalue weighted by atomic mass is 10.1. The van der Waals surface area contributed by atoms with Gasteiger partial charge in [0, 0.05) is 6.08 Å². The van der Waals surface area contributed by atoms with Crippen LogP contribution >= 0.6 is 0 Å². The third-order valence-electron chi connectivity index (χ3n) is 1.79. The van der Waals surface area contributed by atoms with E-state index in [0.717, 1.165) is 18.4 Å². The van der Waals surface area contributed by atoms with Crippen LogP contribution in [0.4, 0.5) is 0 Å². The van der Waals surface area contributed by atoms with Gasteiger partial charge in [-0.3, -0.25) is 0 Å². The Kier molecular flexibility index (Phi) is 6.44. The van der Waals surface area contributed by atoms with E-state index in [1.165, 1.54) is 25.3 Å². The van der Waals surface area contributed by atoms with Crippen molar-refractivity contribution in [1.29, 1.82) is 0 Å². The molecule has 0 heterocycles. The normalized spacial score (nSPS) is 11.7. The highest BCUT2D eigenvalue weighted by Crippen LogP contribution is 2.08. The van der Waals surface area contributed by atoms with E-state index < -0.39 is 5.97 Å². The van der Waals surface area contributed by atoms with Gasteiger partial charge < -0.3 is 5.11 Å². The van der Waals surface area contributed by atoms with Crippen LogP contribution < -0.4 is 0 Å². The fraction of sp³-hybridized carbons (Fsp3) is 0.700. The predicted octanol–water partition coefficient (Wildman–Crippen LogP) is 2.99. The Labute approximate surface area is 74.3 Å². The third-order valence-corrected chi connectivity index (χ3v) is 1.79. The van der Waals surface area contributed by atoms with Crippen molar-refractivity contribution in [3.63, 3.8) is 0 Å². The highest BCUT2D eigenvalue weighted by Gasteiger charge is 1.94. The van der Waals surface area contributed by atoms with Crippen molar-refractivity contribution in [2.24, 2.45) is 0 Å². The smallest absolute Gasteiger partial charge is 0.328 e. The second-order valence-corrected chi connectivity index (χ2v) is 3.14. The quantitative estimate of drug-likeness (QED) is 0.491. The summed E-state index contributed by atoms with van der Waals surface area (Å²) in [5.41, 5.74) is 0.971. The monoisotopic (exact) mass is 170 g/mol. The molecule has 2 nitrogen and oxygen atoms in total. The summed E-state index contributed by atoms with van der Waals surface area (Å²) in [5, 5.41) is 8.41. The summed E-state index contributed by atoms with van der Waals surface area (Å²) in [6.45, 7) is 4.04.